The zero-order valence-corrected chi connectivity index (χ0v) is 20.3. The van der Waals surface area contributed by atoms with Gasteiger partial charge in [-0.1, -0.05) is 31.2 Å². The minimum Gasteiger partial charge on any atom is -0.417 e. The van der Waals surface area contributed by atoms with Gasteiger partial charge in [0.1, 0.15) is 11.3 Å². The normalized spacial score (nSPS) is 11.4. The fourth-order valence-electron chi connectivity index (χ4n) is 4.07. The molecule has 0 bridgehead atoms. The van der Waals surface area contributed by atoms with E-state index < -0.39 is 5.97 Å². The number of imidazole rings is 1. The van der Waals surface area contributed by atoms with E-state index in [2.05, 4.69) is 32.4 Å². The van der Waals surface area contributed by atoms with Gasteiger partial charge in [-0.25, -0.2) is 14.8 Å². The Morgan fingerprint density at radius 3 is 2.65 bits per heavy atom. The van der Waals surface area contributed by atoms with E-state index in [9.17, 15) is 9.90 Å². The molecule has 0 fully saturated rings. The standard InChI is InChI=1S/C26H22BrN3O4/c1-3-21-29-22-15(2)11-18(14-31)28-24(22)30(21)13-16-9-10-19-20(12-16)23(27)33-26(19)34-25(32)17-7-5-4-6-8-17/h4-12,31H,3,13-14H2,1-2H3. The van der Waals surface area contributed by atoms with Crippen molar-refractivity contribution in [2.24, 2.45) is 0 Å². The highest BCUT2D eigenvalue weighted by Gasteiger charge is 2.19. The number of carbonyl (C=O) groups is 1. The summed E-state index contributed by atoms with van der Waals surface area (Å²) in [6, 6.07) is 16.5. The minimum atomic E-state index is -0.480. The van der Waals surface area contributed by atoms with Gasteiger partial charge in [-0.2, -0.15) is 0 Å². The fourth-order valence-corrected chi connectivity index (χ4v) is 4.54. The number of fused-ring (bicyclic) bond motifs is 2. The average Bonchev–Trinajstić information content (AvgIpc) is 3.36. The lowest BCUT2D eigenvalue weighted by atomic mass is 10.1. The largest absolute Gasteiger partial charge is 0.417 e. The molecule has 5 aromatic rings. The minimum absolute atomic E-state index is 0.123. The third kappa shape index (κ3) is 3.99. The quantitative estimate of drug-likeness (QED) is 0.295. The van der Waals surface area contributed by atoms with E-state index in [0.29, 0.717) is 27.9 Å². The maximum Gasteiger partial charge on any atom is 0.345 e. The monoisotopic (exact) mass is 519 g/mol. The van der Waals surface area contributed by atoms with Crippen LogP contribution in [0.5, 0.6) is 5.95 Å². The van der Waals surface area contributed by atoms with E-state index in [1.165, 1.54) is 0 Å². The zero-order chi connectivity index (χ0) is 23.8. The highest BCUT2D eigenvalue weighted by molar-refractivity contribution is 9.10. The Morgan fingerprint density at radius 2 is 1.91 bits per heavy atom. The van der Waals surface area contributed by atoms with E-state index in [4.69, 9.17) is 14.1 Å². The van der Waals surface area contributed by atoms with Crippen LogP contribution < -0.4 is 4.74 Å². The Kier molecular flexibility index (Phi) is 5.93. The van der Waals surface area contributed by atoms with Crippen molar-refractivity contribution in [2.45, 2.75) is 33.4 Å². The molecule has 0 amide bonds. The summed E-state index contributed by atoms with van der Waals surface area (Å²) in [5.74, 6) is 0.588. The van der Waals surface area contributed by atoms with Crippen molar-refractivity contribution in [3.63, 3.8) is 0 Å². The molecule has 2 aromatic carbocycles. The number of halogens is 1. The molecular formula is C26H22BrN3O4. The van der Waals surface area contributed by atoms with Crippen LogP contribution in [0.4, 0.5) is 0 Å². The Balaban J connectivity index is 1.50. The Morgan fingerprint density at radius 1 is 1.12 bits per heavy atom. The van der Waals surface area contributed by atoms with E-state index in [0.717, 1.165) is 39.9 Å². The highest BCUT2D eigenvalue weighted by Crippen LogP contribution is 2.37. The molecule has 0 saturated heterocycles. The van der Waals surface area contributed by atoms with Crippen LogP contribution in [0, 0.1) is 6.92 Å². The molecule has 3 heterocycles. The third-order valence-electron chi connectivity index (χ3n) is 5.74. The van der Waals surface area contributed by atoms with Gasteiger partial charge in [-0.15, -0.1) is 0 Å². The first kappa shape index (κ1) is 22.3. The summed E-state index contributed by atoms with van der Waals surface area (Å²) in [5, 5.41) is 11.1. The van der Waals surface area contributed by atoms with Crippen LogP contribution in [0.1, 0.15) is 39.9 Å². The van der Waals surface area contributed by atoms with E-state index in [1.54, 1.807) is 24.3 Å². The van der Waals surface area contributed by atoms with Gasteiger partial charge < -0.3 is 18.8 Å². The van der Waals surface area contributed by atoms with Crippen LogP contribution in [0.2, 0.25) is 0 Å². The summed E-state index contributed by atoms with van der Waals surface area (Å²) in [6.07, 6.45) is 0.751. The van der Waals surface area contributed by atoms with Crippen LogP contribution in [-0.4, -0.2) is 25.6 Å². The van der Waals surface area contributed by atoms with Crippen LogP contribution in [0.3, 0.4) is 0 Å². The molecular weight excluding hydrogens is 498 g/mol. The number of rotatable bonds is 6. The molecule has 0 unspecified atom stereocenters. The van der Waals surface area contributed by atoms with Crippen LogP contribution in [0.25, 0.3) is 21.9 Å². The molecule has 0 atom stereocenters. The first-order valence-electron chi connectivity index (χ1n) is 10.9. The van der Waals surface area contributed by atoms with Crippen LogP contribution in [0.15, 0.2) is 63.7 Å². The molecule has 0 spiro atoms. The van der Waals surface area contributed by atoms with Crippen molar-refractivity contribution in [1.29, 1.82) is 0 Å². The lowest BCUT2D eigenvalue weighted by molar-refractivity contribution is 0.0695. The predicted octanol–water partition coefficient (Wildman–Crippen LogP) is 5.57. The van der Waals surface area contributed by atoms with E-state index >= 15 is 0 Å². The number of aliphatic hydroxyl groups is 1. The Labute approximate surface area is 204 Å². The number of aliphatic hydroxyl groups excluding tert-OH is 1. The van der Waals surface area contributed by atoms with Gasteiger partial charge in [-0.05, 0) is 64.3 Å². The molecule has 0 aliphatic heterocycles. The van der Waals surface area contributed by atoms with Crippen molar-refractivity contribution < 1.29 is 19.1 Å². The maximum absolute atomic E-state index is 12.5. The number of esters is 1. The van der Waals surface area contributed by atoms with E-state index in [1.807, 2.05) is 37.3 Å². The summed E-state index contributed by atoms with van der Waals surface area (Å²) in [4.78, 5) is 21.9. The highest BCUT2D eigenvalue weighted by atomic mass is 79.9. The first-order valence-corrected chi connectivity index (χ1v) is 11.7. The van der Waals surface area contributed by atoms with E-state index in [-0.39, 0.29) is 12.6 Å². The molecule has 5 rings (SSSR count). The average molecular weight is 520 g/mol. The lowest BCUT2D eigenvalue weighted by Gasteiger charge is -2.09. The molecule has 1 N–H and O–H groups in total. The number of hydrogen-bond donors (Lipinski definition) is 1. The number of pyridine rings is 1. The number of nitrogens with zero attached hydrogens (tertiary/aromatic N) is 3. The van der Waals surface area contributed by atoms with Gasteiger partial charge in [0.25, 0.3) is 0 Å². The van der Waals surface area contributed by atoms with Gasteiger partial charge >= 0.3 is 11.9 Å². The van der Waals surface area contributed by atoms with Crippen molar-refractivity contribution in [1.82, 2.24) is 14.5 Å². The number of ether oxygens (including phenoxy) is 1. The Hall–Kier alpha value is -3.49. The number of carbonyl (C=O) groups excluding carboxylic acids is 1. The smallest absolute Gasteiger partial charge is 0.345 e. The molecule has 0 aliphatic carbocycles. The van der Waals surface area contributed by atoms with Gasteiger partial charge in [0.2, 0.25) is 0 Å². The number of hydrogen-bond acceptors (Lipinski definition) is 6. The Bertz CT molecular complexity index is 1520. The summed E-state index contributed by atoms with van der Waals surface area (Å²) >= 11 is 3.46. The SMILES string of the molecule is CCc1nc2c(C)cc(CO)nc2n1Cc1ccc2c(OC(=O)c3ccccc3)oc(Br)c2c1. The van der Waals surface area contributed by atoms with Crippen LogP contribution in [-0.2, 0) is 19.6 Å². The predicted molar refractivity (Wildman–Crippen MR) is 132 cm³/mol. The van der Waals surface area contributed by atoms with Crippen molar-refractivity contribution in [3.05, 3.63) is 87.5 Å². The second-order valence-electron chi connectivity index (χ2n) is 8.03. The maximum atomic E-state index is 12.5. The summed E-state index contributed by atoms with van der Waals surface area (Å²) in [7, 11) is 0. The lowest BCUT2D eigenvalue weighted by Crippen LogP contribution is -2.07. The summed E-state index contributed by atoms with van der Waals surface area (Å²) in [6.45, 7) is 4.46. The molecule has 0 radical (unpaired) electrons. The van der Waals surface area contributed by atoms with Crippen molar-refractivity contribution in [3.8, 4) is 5.95 Å². The molecule has 34 heavy (non-hydrogen) atoms. The summed E-state index contributed by atoms with van der Waals surface area (Å²) < 4.78 is 13.8. The molecule has 7 nitrogen and oxygen atoms in total. The number of furan rings is 1. The van der Waals surface area contributed by atoms with Crippen LogP contribution >= 0.6 is 15.9 Å². The first-order chi connectivity index (χ1) is 16.5. The topological polar surface area (TPSA) is 90.4 Å². The second kappa shape index (κ2) is 9.04. The second-order valence-corrected chi connectivity index (χ2v) is 8.75. The van der Waals surface area contributed by atoms with Gasteiger partial charge in [0.15, 0.2) is 10.3 Å². The molecule has 0 saturated carbocycles. The molecule has 172 valence electrons. The van der Waals surface area contributed by atoms with Crippen molar-refractivity contribution in [2.75, 3.05) is 0 Å². The number of aryl methyl sites for hydroxylation is 2. The fraction of sp³-hybridized carbons (Fsp3) is 0.192. The van der Waals surface area contributed by atoms with Crippen molar-refractivity contribution >= 4 is 43.8 Å². The van der Waals surface area contributed by atoms with Gasteiger partial charge in [0, 0.05) is 11.8 Å². The molecule has 3 aromatic heterocycles. The number of aromatic nitrogens is 3. The third-order valence-corrected chi connectivity index (χ3v) is 6.33. The number of benzene rings is 2. The molecule has 8 heteroatoms. The summed E-state index contributed by atoms with van der Waals surface area (Å²) in [5.41, 5.74) is 4.66. The zero-order valence-electron chi connectivity index (χ0n) is 18.7. The van der Waals surface area contributed by atoms with Gasteiger partial charge in [0.05, 0.1) is 29.8 Å². The molecule has 0 aliphatic rings. The van der Waals surface area contributed by atoms with Gasteiger partial charge in [-0.3, -0.25) is 0 Å².